The van der Waals surface area contributed by atoms with E-state index in [1.54, 1.807) is 0 Å². The molecule has 0 radical (unpaired) electrons. The molecule has 0 spiro atoms. The van der Waals surface area contributed by atoms with Gasteiger partial charge in [-0.1, -0.05) is 6.08 Å². The van der Waals surface area contributed by atoms with Crippen molar-refractivity contribution in [1.29, 1.82) is 0 Å². The second-order valence-electron chi connectivity index (χ2n) is 5.76. The minimum absolute atomic E-state index is 0.0433. The number of hydrogen-bond donors (Lipinski definition) is 2. The van der Waals surface area contributed by atoms with Crippen LogP contribution < -0.4 is 5.32 Å². The van der Waals surface area contributed by atoms with E-state index in [9.17, 15) is 22.8 Å². The Morgan fingerprint density at radius 3 is 2.32 bits per heavy atom. The van der Waals surface area contributed by atoms with Gasteiger partial charge in [-0.25, -0.2) is 4.79 Å². The first kappa shape index (κ1) is 16.6. The Hall–Kier alpha value is -1.73. The number of nitrogens with one attached hydrogen (secondary N) is 1. The predicted molar refractivity (Wildman–Crippen MR) is 72.2 cm³/mol. The number of hydrogen-bond acceptors (Lipinski definition) is 2. The van der Waals surface area contributed by atoms with Gasteiger partial charge >= 0.3 is 18.2 Å². The number of urea groups is 1. The zero-order chi connectivity index (χ0) is 16.3. The highest BCUT2D eigenvalue weighted by atomic mass is 19.4. The zero-order valence-electron chi connectivity index (χ0n) is 12.0. The molecule has 1 aliphatic heterocycles. The van der Waals surface area contributed by atoms with E-state index >= 15 is 0 Å². The normalized spacial score (nSPS) is 26.3. The molecule has 2 N–H and O–H groups in total. The Kier molecular flexibility index (Phi) is 4.97. The van der Waals surface area contributed by atoms with Gasteiger partial charge in [0.05, 0.1) is 5.92 Å². The summed E-state index contributed by atoms with van der Waals surface area (Å²) in [6.45, 7) is -0.00715. The van der Waals surface area contributed by atoms with Crippen LogP contribution in [0.2, 0.25) is 0 Å². The van der Waals surface area contributed by atoms with Crippen molar-refractivity contribution in [2.75, 3.05) is 13.1 Å². The predicted octanol–water partition coefficient (Wildman–Crippen LogP) is 2.53. The van der Waals surface area contributed by atoms with Crippen LogP contribution in [0, 0.1) is 5.92 Å². The lowest BCUT2D eigenvalue weighted by Crippen LogP contribution is -2.48. The van der Waals surface area contributed by atoms with E-state index in [4.69, 9.17) is 5.11 Å². The first-order chi connectivity index (χ1) is 10.3. The summed E-state index contributed by atoms with van der Waals surface area (Å²) in [4.78, 5) is 24.2. The van der Waals surface area contributed by atoms with Crippen LogP contribution in [-0.2, 0) is 4.79 Å². The number of carbonyl (C=O) groups is 2. The highest BCUT2D eigenvalue weighted by Crippen LogP contribution is 2.30. The van der Waals surface area contributed by atoms with Crippen molar-refractivity contribution in [1.82, 2.24) is 10.2 Å². The SMILES string of the molecule is O=C(O)C1CCC(NC(=O)N2CC=C(C(F)(F)F)CC2)CC1. The lowest BCUT2D eigenvalue weighted by molar-refractivity contribution is -0.142. The molecule has 2 rings (SSSR count). The lowest BCUT2D eigenvalue weighted by atomic mass is 9.86. The molecule has 0 bridgehead atoms. The Morgan fingerprint density at radius 1 is 1.23 bits per heavy atom. The van der Waals surface area contributed by atoms with Crippen molar-refractivity contribution in [2.45, 2.75) is 44.3 Å². The molecule has 8 heteroatoms. The number of halogens is 3. The molecule has 1 fully saturated rings. The maximum absolute atomic E-state index is 12.5. The summed E-state index contributed by atoms with van der Waals surface area (Å²) in [5.41, 5.74) is -0.585. The van der Waals surface area contributed by atoms with Crippen LogP contribution >= 0.6 is 0 Å². The molecule has 1 saturated carbocycles. The fraction of sp³-hybridized carbons (Fsp3) is 0.714. The number of nitrogens with zero attached hydrogens (tertiary/aromatic N) is 1. The van der Waals surface area contributed by atoms with Gasteiger partial charge in [-0.15, -0.1) is 0 Å². The maximum Gasteiger partial charge on any atom is 0.412 e. The van der Waals surface area contributed by atoms with Gasteiger partial charge in [-0.3, -0.25) is 4.79 Å². The topological polar surface area (TPSA) is 69.6 Å². The van der Waals surface area contributed by atoms with Crippen molar-refractivity contribution >= 4 is 12.0 Å². The summed E-state index contributed by atoms with van der Waals surface area (Å²) in [5.74, 6) is -1.17. The number of carboxylic acids is 1. The number of alkyl halides is 3. The number of aliphatic carboxylic acids is 1. The molecule has 2 aliphatic rings. The third kappa shape index (κ3) is 4.14. The molecule has 124 valence electrons. The van der Waals surface area contributed by atoms with E-state index in [0.29, 0.717) is 25.7 Å². The molecule has 1 aliphatic carbocycles. The van der Waals surface area contributed by atoms with Crippen LogP contribution in [0.4, 0.5) is 18.0 Å². The molecule has 0 aromatic carbocycles. The van der Waals surface area contributed by atoms with Crippen LogP contribution in [0.15, 0.2) is 11.6 Å². The van der Waals surface area contributed by atoms with Crippen LogP contribution in [-0.4, -0.2) is 47.3 Å². The molecule has 0 aromatic heterocycles. The average Bonchev–Trinajstić information content (AvgIpc) is 2.47. The van der Waals surface area contributed by atoms with Crippen molar-refractivity contribution < 1.29 is 27.9 Å². The summed E-state index contributed by atoms with van der Waals surface area (Å²) < 4.78 is 37.5. The number of carboxylic acid groups (broad SMARTS) is 1. The van der Waals surface area contributed by atoms with Gasteiger partial charge in [-0.05, 0) is 32.1 Å². The van der Waals surface area contributed by atoms with E-state index in [1.165, 1.54) is 4.90 Å². The Morgan fingerprint density at radius 2 is 1.86 bits per heavy atom. The van der Waals surface area contributed by atoms with Gasteiger partial charge < -0.3 is 15.3 Å². The molecular formula is C14H19F3N2O3. The Balaban J connectivity index is 1.80. The fourth-order valence-corrected chi connectivity index (χ4v) is 2.86. The van der Waals surface area contributed by atoms with E-state index in [2.05, 4.69) is 5.32 Å². The third-order valence-electron chi connectivity index (χ3n) is 4.26. The van der Waals surface area contributed by atoms with Gasteiger partial charge in [0.2, 0.25) is 0 Å². The number of amides is 2. The molecule has 22 heavy (non-hydrogen) atoms. The van der Waals surface area contributed by atoms with Crippen molar-refractivity contribution in [3.8, 4) is 0 Å². The van der Waals surface area contributed by atoms with Gasteiger partial charge in [-0.2, -0.15) is 13.2 Å². The van der Waals surface area contributed by atoms with Gasteiger partial charge in [0, 0.05) is 24.7 Å². The van der Waals surface area contributed by atoms with E-state index in [0.717, 1.165) is 6.08 Å². The first-order valence-electron chi connectivity index (χ1n) is 7.32. The quantitative estimate of drug-likeness (QED) is 0.768. The summed E-state index contributed by atoms with van der Waals surface area (Å²) in [5, 5.41) is 11.7. The van der Waals surface area contributed by atoms with Crippen molar-refractivity contribution in [3.05, 3.63) is 11.6 Å². The summed E-state index contributed by atoms with van der Waals surface area (Å²) in [6.07, 6.45) is -1.28. The van der Waals surface area contributed by atoms with Crippen LogP contribution in [0.5, 0.6) is 0 Å². The average molecular weight is 320 g/mol. The molecule has 1 heterocycles. The summed E-state index contributed by atoms with van der Waals surface area (Å²) in [7, 11) is 0. The van der Waals surface area contributed by atoms with Crippen molar-refractivity contribution in [2.24, 2.45) is 5.92 Å². The van der Waals surface area contributed by atoms with E-state index in [1.807, 2.05) is 0 Å². The molecule has 2 amide bonds. The summed E-state index contributed by atoms with van der Waals surface area (Å²) >= 11 is 0. The molecule has 5 nitrogen and oxygen atoms in total. The molecule has 0 atom stereocenters. The van der Waals surface area contributed by atoms with Gasteiger partial charge in [0.25, 0.3) is 0 Å². The van der Waals surface area contributed by atoms with Gasteiger partial charge in [0.1, 0.15) is 0 Å². The second-order valence-corrected chi connectivity index (χ2v) is 5.76. The molecular weight excluding hydrogens is 301 g/mol. The largest absolute Gasteiger partial charge is 0.481 e. The first-order valence-corrected chi connectivity index (χ1v) is 7.32. The summed E-state index contributed by atoms with van der Waals surface area (Å²) in [6, 6.07) is -0.479. The lowest BCUT2D eigenvalue weighted by Gasteiger charge is -2.31. The standard InChI is InChI=1S/C14H19F3N2O3/c15-14(16,17)10-5-7-19(8-6-10)13(22)18-11-3-1-9(2-4-11)12(20)21/h5,9,11H,1-4,6-8H2,(H,18,22)(H,20,21). The highest BCUT2D eigenvalue weighted by Gasteiger charge is 2.36. The minimum Gasteiger partial charge on any atom is -0.481 e. The Labute approximate surface area is 126 Å². The fourth-order valence-electron chi connectivity index (χ4n) is 2.86. The second kappa shape index (κ2) is 6.58. The Bertz CT molecular complexity index is 468. The van der Waals surface area contributed by atoms with E-state index in [-0.39, 0.29) is 37.5 Å². The maximum atomic E-state index is 12.5. The molecule has 0 saturated heterocycles. The molecule has 0 unspecified atom stereocenters. The molecule has 0 aromatic rings. The van der Waals surface area contributed by atoms with Crippen molar-refractivity contribution in [3.63, 3.8) is 0 Å². The third-order valence-corrected chi connectivity index (χ3v) is 4.26. The zero-order valence-corrected chi connectivity index (χ0v) is 12.0. The number of carbonyl (C=O) groups excluding carboxylic acids is 1. The monoisotopic (exact) mass is 320 g/mol. The van der Waals surface area contributed by atoms with Crippen LogP contribution in [0.1, 0.15) is 32.1 Å². The van der Waals surface area contributed by atoms with Crippen LogP contribution in [0.3, 0.4) is 0 Å². The van der Waals surface area contributed by atoms with E-state index < -0.39 is 17.7 Å². The van der Waals surface area contributed by atoms with Crippen LogP contribution in [0.25, 0.3) is 0 Å². The highest BCUT2D eigenvalue weighted by molar-refractivity contribution is 5.75. The smallest absolute Gasteiger partial charge is 0.412 e. The minimum atomic E-state index is -4.32. The number of rotatable bonds is 2. The van der Waals surface area contributed by atoms with Gasteiger partial charge in [0.15, 0.2) is 0 Å².